The average Bonchev–Trinajstić information content (AvgIpc) is 3.24. The molecule has 0 aliphatic heterocycles. The number of hydrogen-bond donors (Lipinski definition) is 1. The average molecular weight is 910 g/mol. The van der Waals surface area contributed by atoms with Gasteiger partial charge in [0.1, 0.15) is 52.7 Å². The molecule has 0 saturated heterocycles. The van der Waals surface area contributed by atoms with Gasteiger partial charge in [0, 0.05) is 5.56 Å². The maximum absolute atomic E-state index is 15.4. The van der Waals surface area contributed by atoms with Crippen molar-refractivity contribution in [3.8, 4) is 0 Å². The van der Waals surface area contributed by atoms with Gasteiger partial charge < -0.3 is 4.98 Å². The third-order valence-electron chi connectivity index (χ3n) is 8.90. The third kappa shape index (κ3) is 7.37. The summed E-state index contributed by atoms with van der Waals surface area (Å²) in [7, 11) is 0. The Balaban J connectivity index is 0.000000366. The van der Waals surface area contributed by atoms with Crippen molar-refractivity contribution in [1.82, 2.24) is 4.98 Å². The molecule has 6 aromatic rings. The summed E-state index contributed by atoms with van der Waals surface area (Å²) in [5.74, 6) is -71.3. The van der Waals surface area contributed by atoms with Gasteiger partial charge in [-0.25, -0.2) is 87.8 Å². The zero-order chi connectivity index (χ0) is 45.7. The Labute approximate surface area is 330 Å². The van der Waals surface area contributed by atoms with Crippen molar-refractivity contribution in [3.63, 3.8) is 0 Å². The monoisotopic (exact) mass is 910 g/mol. The fraction of sp³-hybridized carbons (Fsp3) is 0.0278. The van der Waals surface area contributed by atoms with E-state index in [9.17, 15) is 57.5 Å². The first-order valence-corrected chi connectivity index (χ1v) is 16.3. The molecule has 5 aromatic carbocycles. The van der Waals surface area contributed by atoms with Crippen LogP contribution in [0.15, 0.2) is 48.9 Å². The minimum atomic E-state index is -7.22. The number of halogens is 20. The molecule has 1 heterocycles. The van der Waals surface area contributed by atoms with Crippen LogP contribution in [0, 0.1) is 121 Å². The lowest BCUT2D eigenvalue weighted by atomic mass is 9.12. The van der Waals surface area contributed by atoms with Crippen LogP contribution in [0.25, 0.3) is 0 Å². The Morgan fingerprint density at radius 1 is 0.443 bits per heavy atom. The van der Waals surface area contributed by atoms with E-state index < -0.39 is 144 Å². The maximum Gasteiger partial charge on any atom is 0.227 e. The molecule has 1 N–H and O–H groups in total. The van der Waals surface area contributed by atoms with Crippen LogP contribution in [0.1, 0.15) is 10.4 Å². The van der Waals surface area contributed by atoms with Crippen LogP contribution in [0.4, 0.5) is 87.8 Å². The highest BCUT2D eigenvalue weighted by Gasteiger charge is 2.52. The van der Waals surface area contributed by atoms with Gasteiger partial charge in [-0.1, -0.05) is 42.5 Å². The molecule has 1 aromatic heterocycles. The van der Waals surface area contributed by atoms with Crippen molar-refractivity contribution in [3.05, 3.63) is 175 Å². The van der Waals surface area contributed by atoms with E-state index in [1.54, 1.807) is 23.2 Å². The number of carbonyl (C=O) groups is 1. The maximum atomic E-state index is 15.4. The number of aromatic nitrogens is 2. The second-order valence-corrected chi connectivity index (χ2v) is 12.7. The fourth-order valence-corrected chi connectivity index (χ4v) is 6.50. The van der Waals surface area contributed by atoms with Gasteiger partial charge in [0.2, 0.25) is 18.5 Å². The van der Waals surface area contributed by atoms with Gasteiger partial charge in [-0.3, -0.25) is 4.79 Å². The predicted molar refractivity (Wildman–Crippen MR) is 172 cm³/mol. The molecule has 320 valence electrons. The number of ketones is 1. The molecule has 0 atom stereocenters. The Hall–Kier alpha value is -6.27. The van der Waals surface area contributed by atoms with Gasteiger partial charge in [-0.2, -0.15) is 4.57 Å². The van der Waals surface area contributed by atoms with Crippen molar-refractivity contribution in [2.45, 2.75) is 6.54 Å². The lowest BCUT2D eigenvalue weighted by Gasteiger charge is -2.44. The van der Waals surface area contributed by atoms with E-state index >= 15 is 35.1 Å². The lowest BCUT2D eigenvalue weighted by molar-refractivity contribution is -0.684. The summed E-state index contributed by atoms with van der Waals surface area (Å²) in [5, 5.41) is 0. The number of hydrogen-bond acceptors (Lipinski definition) is 2. The van der Waals surface area contributed by atoms with Gasteiger partial charge in [0.25, 0.3) is 0 Å². The molecule has 3 nitrogen and oxygen atoms in total. The fourth-order valence-electron chi connectivity index (χ4n) is 6.30. The molecule has 0 bridgehead atoms. The number of aromatic amines is 1. The van der Waals surface area contributed by atoms with E-state index in [1.807, 2.05) is 30.3 Å². The summed E-state index contributed by atoms with van der Waals surface area (Å²) in [4.78, 5) is 14.7. The number of Topliss-reactive ketones (excluding diaryl/α,β-unsaturated/α-hetero) is 1. The number of nitrogens with one attached hydrogen (secondary N) is 1. The quantitative estimate of drug-likeness (QED) is 0.0339. The van der Waals surface area contributed by atoms with Crippen molar-refractivity contribution in [2.24, 2.45) is 0 Å². The normalized spacial score (nSPS) is 11.5. The van der Waals surface area contributed by atoms with E-state index in [1.165, 1.54) is 0 Å². The summed E-state index contributed by atoms with van der Waals surface area (Å²) in [5.41, 5.74) is -13.6. The van der Waals surface area contributed by atoms with E-state index in [-0.39, 0.29) is 5.78 Å². The first-order valence-electron chi connectivity index (χ1n) is 15.9. The molecule has 0 unspecified atom stereocenters. The largest absolute Gasteiger partial charge is 0.343 e. The van der Waals surface area contributed by atoms with Crippen LogP contribution in [0.5, 0.6) is 0 Å². The highest BCUT2D eigenvalue weighted by molar-refractivity contribution is 7.71. The lowest BCUT2D eigenvalue weighted by Crippen LogP contribution is -2.81. The molecule has 0 amide bonds. The third-order valence-corrected chi connectivity index (χ3v) is 9.13. The topological polar surface area (TPSA) is 36.7 Å². The van der Waals surface area contributed by atoms with Crippen molar-refractivity contribution in [1.29, 1.82) is 0 Å². The summed E-state index contributed by atoms with van der Waals surface area (Å²) in [6.07, 6.45) is -1.97. The highest BCUT2D eigenvalue weighted by Crippen LogP contribution is 2.30. The molecule has 0 aliphatic carbocycles. The predicted octanol–water partition coefficient (Wildman–Crippen LogP) is 7.76. The number of H-pyrrole nitrogens is 1. The summed E-state index contributed by atoms with van der Waals surface area (Å²) < 4.78 is 296. The standard InChI is InChI=1S/C24BF20.C12H10N2OS/c26-5-1(6(27)14(35)21(42)13(5)34)25(2-7(28)15(36)22(43)16(37)8(2)29,3-9(30)17(38)23(44)18(39)10(3)31)4-11(32)19(40)24(45)20(41)12(4)33;15-11(10-4-2-1-3-5-10)8-14-7-6-13-12(16)9-14/h;1-7,9H,8H2/q-1;/p+1. The Morgan fingerprint density at radius 3 is 0.967 bits per heavy atom. The summed E-state index contributed by atoms with van der Waals surface area (Å²) >= 11 is 4.98. The number of benzene rings is 5. The van der Waals surface area contributed by atoms with Crippen LogP contribution in [0.3, 0.4) is 0 Å². The molecule has 0 radical (unpaired) electrons. The Kier molecular flexibility index (Phi) is 12.8. The first-order chi connectivity index (χ1) is 28.5. The number of nitrogens with zero attached hydrogens (tertiary/aromatic N) is 1. The second-order valence-electron chi connectivity index (χ2n) is 12.2. The first kappa shape index (κ1) is 45.8. The van der Waals surface area contributed by atoms with Gasteiger partial charge in [-0.05, 0) is 0 Å². The second kappa shape index (κ2) is 17.0. The minimum absolute atomic E-state index is 0.0752. The minimum Gasteiger partial charge on any atom is -0.343 e. The molecule has 0 saturated carbocycles. The van der Waals surface area contributed by atoms with Crippen LogP contribution in [-0.2, 0) is 6.54 Å². The number of rotatable bonds is 7. The molecule has 0 spiro atoms. The van der Waals surface area contributed by atoms with Crippen molar-refractivity contribution >= 4 is 46.0 Å². The highest BCUT2D eigenvalue weighted by atomic mass is 32.1. The molecule has 25 heteroatoms. The molecule has 61 heavy (non-hydrogen) atoms. The van der Waals surface area contributed by atoms with Gasteiger partial charge >= 0.3 is 0 Å². The molecule has 6 rings (SSSR count). The molecular formula is C36H11BF20N2OS. The molecular weight excluding hydrogens is 899 g/mol. The van der Waals surface area contributed by atoms with Crippen LogP contribution in [0.2, 0.25) is 0 Å². The molecule has 0 fully saturated rings. The smallest absolute Gasteiger partial charge is 0.227 e. The van der Waals surface area contributed by atoms with Gasteiger partial charge in [-0.15, -0.1) is 21.9 Å². The van der Waals surface area contributed by atoms with E-state index in [0.717, 1.165) is 0 Å². The van der Waals surface area contributed by atoms with Crippen LogP contribution in [-0.4, -0.2) is 16.9 Å². The Bertz CT molecular complexity index is 2460. The van der Waals surface area contributed by atoms with Crippen molar-refractivity contribution < 1.29 is 97.2 Å². The van der Waals surface area contributed by atoms with E-state index in [4.69, 9.17) is 12.2 Å². The van der Waals surface area contributed by atoms with Gasteiger partial charge in [0.05, 0.1) is 6.20 Å². The zero-order valence-electron chi connectivity index (χ0n) is 28.7. The summed E-state index contributed by atoms with van der Waals surface area (Å²) in [6.45, 7) is 0.308. The zero-order valence-corrected chi connectivity index (χ0v) is 29.5. The summed E-state index contributed by atoms with van der Waals surface area (Å²) in [6, 6.07) is 9.23. The van der Waals surface area contributed by atoms with E-state index in [2.05, 4.69) is 4.98 Å². The van der Waals surface area contributed by atoms with Crippen LogP contribution < -0.4 is 26.4 Å². The number of carbonyl (C=O) groups excluding carboxylic acids is 1. The van der Waals surface area contributed by atoms with Gasteiger partial charge in [0.15, 0.2) is 80.6 Å². The van der Waals surface area contributed by atoms with Crippen LogP contribution >= 0.6 is 12.2 Å². The SMILES string of the molecule is Fc1c(F)c(F)c([B-](c2c(F)c(F)c(F)c(F)c2F)(c2c(F)c(F)c(F)c(F)c2F)c2c(F)c(F)c(F)c(F)c2F)c(F)c1F.O=C(C[n+]1cc[nH]c(=S)c1)c1ccccc1. The van der Waals surface area contributed by atoms with E-state index in [0.29, 0.717) is 16.7 Å². The van der Waals surface area contributed by atoms with Crippen molar-refractivity contribution in [2.75, 3.05) is 0 Å². The molecule has 0 aliphatic rings. The Morgan fingerprint density at radius 2 is 0.705 bits per heavy atom.